The predicted octanol–water partition coefficient (Wildman–Crippen LogP) is 3.28. The Labute approximate surface area is 650 Å². The van der Waals surface area contributed by atoms with Gasteiger partial charge in [-0.1, -0.05) is 98.9 Å². The molecule has 8 rings (SSSR count). The molecule has 3 fully saturated rings. The van der Waals surface area contributed by atoms with Gasteiger partial charge in [-0.05, 0) is 102 Å². The number of aliphatic hydroxyl groups is 13. The number of nitrogens with one attached hydrogen (secondary N) is 2. The normalized spacial score (nSPS) is 36.2. The van der Waals surface area contributed by atoms with Crippen LogP contribution in [-0.4, -0.2) is 261 Å². The number of carbonyl (C=O) groups excluding carboxylic acids is 5. The van der Waals surface area contributed by atoms with Crippen molar-refractivity contribution in [3.63, 3.8) is 0 Å². The van der Waals surface area contributed by atoms with Crippen molar-refractivity contribution in [2.75, 3.05) is 43.7 Å². The molecule has 35 heteroatoms. The summed E-state index contributed by atoms with van der Waals surface area (Å²) < 4.78 is 64.4. The zero-order chi connectivity index (χ0) is 84.0. The fraction of sp³-hybridized carbons (Fsp3) is 0.538. The van der Waals surface area contributed by atoms with Crippen LogP contribution in [0.5, 0.6) is 11.5 Å². The molecule has 3 heterocycles. The Kier molecular flexibility index (Phi) is 32.0. The Hall–Kier alpha value is -8.73. The summed E-state index contributed by atoms with van der Waals surface area (Å²) >= 11 is 0. The van der Waals surface area contributed by atoms with E-state index in [0.717, 1.165) is 24.3 Å². The molecule has 2 aromatic carbocycles. The number of allylic oxidation sites excluding steroid dienone is 12. The van der Waals surface area contributed by atoms with Gasteiger partial charge in [-0.2, -0.15) is 0 Å². The van der Waals surface area contributed by atoms with Gasteiger partial charge in [-0.15, -0.1) is 13.2 Å². The summed E-state index contributed by atoms with van der Waals surface area (Å²) in [7, 11) is 6.30. The first kappa shape index (κ1) is 91.5. The van der Waals surface area contributed by atoms with Crippen molar-refractivity contribution >= 4 is 58.3 Å². The molecule has 1 saturated carbocycles. The third kappa shape index (κ3) is 23.3. The minimum absolute atomic E-state index is 0.0223. The fourth-order valence-corrected chi connectivity index (χ4v) is 14.8. The molecule has 0 aromatic heterocycles. The maximum Gasteiger partial charge on any atom is 0.573 e. The highest BCUT2D eigenvalue weighted by molar-refractivity contribution is 6.24. The third-order valence-electron chi connectivity index (χ3n) is 20.8. The number of Topliss-reactive ketones (excluding diaryl/α,β-unsaturated/α-hetero) is 2. The lowest BCUT2D eigenvalue weighted by Crippen LogP contribution is -2.65. The molecule has 0 unspecified atom stereocenters. The topological polar surface area (TPSA) is 535 Å². The second-order valence-electron chi connectivity index (χ2n) is 29.7. The van der Waals surface area contributed by atoms with Gasteiger partial charge in [-0.25, -0.2) is 4.79 Å². The molecule has 3 amide bonds. The predicted molar refractivity (Wildman–Crippen MR) is 401 cm³/mol. The minimum Gasteiger partial charge on any atom is -0.508 e. The van der Waals surface area contributed by atoms with Gasteiger partial charge in [0, 0.05) is 74.5 Å². The molecular formula is C78H105F3N6O26. The lowest BCUT2D eigenvalue weighted by atomic mass is 9.57. The number of fused-ring (bicyclic) bond motifs is 5. The van der Waals surface area contributed by atoms with Crippen molar-refractivity contribution in [3.8, 4) is 11.5 Å². The van der Waals surface area contributed by atoms with E-state index in [1.54, 1.807) is 99.7 Å². The number of benzene rings is 2. The lowest BCUT2D eigenvalue weighted by molar-refractivity contribution is -0.308. The number of nitrogens with zero attached hydrogens (tertiary/aromatic N) is 2. The molecule has 23 atom stereocenters. The number of ketones is 2. The number of halogens is 3. The average molecular weight is 1600 g/mol. The van der Waals surface area contributed by atoms with Crippen LogP contribution in [0.25, 0.3) is 5.76 Å². The molecule has 2 saturated heterocycles. The van der Waals surface area contributed by atoms with Crippen molar-refractivity contribution in [2.24, 2.45) is 41.1 Å². The molecular weight excluding hydrogens is 1490 g/mol. The standard InChI is InChI=1S/C47H73NO17.C31H32F3N5O9/c1-27-17-15-13-11-9-7-5-6-8-10-12-14-16-18-34(64-46-44(58)41(48)43(57)30(4)63-46)24-38-40(45(59)60)37(54)26-47(61,65-38)25-33(51)22-36(53)35(52)20-19-31(49)21-32(50)23-39(55)62-29(3)28(2)42(27)56;1-38(2)18-11-17(37-29(46)36-13-5-7-14(8-6-13)48-31(32,33)34)23(40)20-15(18)9-12-10-16-22(39(3)4)25(42)21(28(35)45)27(44)30(16,47)26(43)19(12)24(20)41/h5-18,27-38,40-44,46,49-54,56-58,61H,19-26,48H2,1-4H3,(H,59,60);5-8,11-12,16,22,40-41,44,47H,9-10H2,1-4H3,(H2,35,45)(H2,36,37,46)/b6-5+,9-7+,10-8+,13-11+,14-12+,17-15+,18-16+;/t27-,28-,29-,30+,31+,32+,33-,34-,35+,36+,37-,38-,40+,41-,42+,43+,44-,46-,47+;12-,16-,22-,30-/m00/s1. The number of anilines is 3. The van der Waals surface area contributed by atoms with Gasteiger partial charge < -0.3 is 127 Å². The monoisotopic (exact) mass is 1600 g/mol. The van der Waals surface area contributed by atoms with Gasteiger partial charge in [0.25, 0.3) is 5.91 Å². The number of esters is 1. The van der Waals surface area contributed by atoms with E-state index in [4.69, 9.17) is 30.4 Å². The molecule has 0 spiro atoms. The van der Waals surface area contributed by atoms with E-state index in [2.05, 4.69) is 15.4 Å². The van der Waals surface area contributed by atoms with Gasteiger partial charge in [0.2, 0.25) is 5.78 Å². The third-order valence-corrected chi connectivity index (χ3v) is 20.8. The summed E-state index contributed by atoms with van der Waals surface area (Å²) in [4.78, 5) is 80.5. The van der Waals surface area contributed by atoms with Crippen LogP contribution >= 0.6 is 0 Å². The SMILES string of the molecule is CN(C)c1cc(NC(=O)Nc2ccc(OC(F)(F)F)cc2)c(O)c2c1C[C@H]1C[C@H]3[C@H](N(C)C)C(=O)C(C(N)=O)=C(O)[C@@]3(O)C(=O)C1=C2O.C[C@@H]1[C@H](O)[C@@H](C)/C=C/C=C/C=C/C=C/C=C/C=C/C=C/[C@H](O[C@@H]2O[C@H](C)[C@@H](O)[C@H](N)[C@@H]2O)C[C@@H]2O[C@](O)(C[C@@H](O)C[C@@H](O)[C@H](O)CC[C@@H](O)C[C@@H](O)CC(=O)O[C@H]1C)C[C@H](O)[C@H]2C(=O)O. The number of cyclic esters (lactones) is 1. The highest BCUT2D eigenvalue weighted by atomic mass is 19.4. The number of nitrogens with two attached hydrogens (primary N) is 2. The number of amides is 3. The first-order valence-corrected chi connectivity index (χ1v) is 36.7. The van der Waals surface area contributed by atoms with Crippen molar-refractivity contribution < 1.29 is 142 Å². The van der Waals surface area contributed by atoms with Crippen molar-refractivity contribution in [1.29, 1.82) is 0 Å². The number of carbonyl (C=O) groups is 6. The van der Waals surface area contributed by atoms with E-state index >= 15 is 0 Å². The van der Waals surface area contributed by atoms with Crippen LogP contribution in [0, 0.1) is 29.6 Å². The van der Waals surface area contributed by atoms with Gasteiger partial charge in [-0.3, -0.25) is 28.9 Å². The van der Waals surface area contributed by atoms with Crippen LogP contribution in [0.3, 0.4) is 0 Å². The lowest BCUT2D eigenvalue weighted by Gasteiger charge is -2.50. The number of aliphatic carboxylic acids is 1. The summed E-state index contributed by atoms with van der Waals surface area (Å²) in [6.07, 6.45) is -1.53. The number of alkyl halides is 3. The quantitative estimate of drug-likeness (QED) is 0.0973. The van der Waals surface area contributed by atoms with Gasteiger partial charge >= 0.3 is 24.3 Å². The Morgan fingerprint density at radius 1 is 0.681 bits per heavy atom. The molecule has 0 radical (unpaired) electrons. The number of likely N-dealkylation sites (N-methyl/N-ethyl adjacent to an activating group) is 1. The zero-order valence-corrected chi connectivity index (χ0v) is 63.5. The largest absolute Gasteiger partial charge is 0.573 e. The number of aromatic hydroxyl groups is 1. The van der Waals surface area contributed by atoms with E-state index in [-0.39, 0.29) is 67.0 Å². The smallest absolute Gasteiger partial charge is 0.508 e. The van der Waals surface area contributed by atoms with Crippen molar-refractivity contribution in [2.45, 2.75) is 207 Å². The van der Waals surface area contributed by atoms with E-state index in [0.29, 0.717) is 11.3 Å². The number of urea groups is 1. The maximum atomic E-state index is 14.1. The molecule has 3 aliphatic heterocycles. The Morgan fingerprint density at radius 3 is 1.84 bits per heavy atom. The van der Waals surface area contributed by atoms with E-state index in [1.807, 2.05) is 19.1 Å². The molecule has 3 aliphatic carbocycles. The number of carboxylic acid groups (broad SMARTS) is 1. The summed E-state index contributed by atoms with van der Waals surface area (Å²) in [5.41, 5.74) is 7.62. The van der Waals surface area contributed by atoms with Crippen LogP contribution in [0.4, 0.5) is 35.0 Å². The van der Waals surface area contributed by atoms with Gasteiger partial charge in [0.15, 0.2) is 29.2 Å². The number of hydrogen-bond donors (Lipinski definition) is 19. The second kappa shape index (κ2) is 39.5. The minimum atomic E-state index is -4.91. The number of primary amides is 1. The molecule has 113 heavy (non-hydrogen) atoms. The van der Waals surface area contributed by atoms with E-state index in [9.17, 15) is 119 Å². The first-order valence-electron chi connectivity index (χ1n) is 36.7. The Bertz CT molecular complexity index is 3980. The summed E-state index contributed by atoms with van der Waals surface area (Å²) in [5, 5.41) is 169. The molecule has 2 bridgehead atoms. The number of carboxylic acids is 1. The molecule has 2 aromatic rings. The summed E-state index contributed by atoms with van der Waals surface area (Å²) in [6.45, 7) is 6.74. The average Bonchev–Trinajstić information content (AvgIpc) is 0.697. The Balaban J connectivity index is 0.000000327. The highest BCUT2D eigenvalue weighted by Gasteiger charge is 2.64. The highest BCUT2D eigenvalue weighted by Crippen LogP contribution is 2.55. The number of ether oxygens (including phenoxy) is 5. The summed E-state index contributed by atoms with van der Waals surface area (Å²) in [5.74, 6) is -15.4. The van der Waals surface area contributed by atoms with Crippen LogP contribution in [-0.2, 0) is 49.3 Å². The Morgan fingerprint density at radius 2 is 1.27 bits per heavy atom. The van der Waals surface area contributed by atoms with E-state index in [1.165, 1.54) is 38.1 Å². The molecule has 624 valence electrons. The van der Waals surface area contributed by atoms with Gasteiger partial charge in [0.1, 0.15) is 41.0 Å². The number of rotatable bonds is 9. The van der Waals surface area contributed by atoms with Gasteiger partial charge in [0.05, 0.1) is 96.9 Å². The van der Waals surface area contributed by atoms with Crippen LogP contribution in [0.2, 0.25) is 0 Å². The van der Waals surface area contributed by atoms with Crippen LogP contribution < -0.4 is 31.7 Å². The first-order chi connectivity index (χ1) is 52.9. The second-order valence-corrected chi connectivity index (χ2v) is 29.7. The fourth-order valence-electron chi connectivity index (χ4n) is 14.8. The number of aliphatic hydroxyl groups excluding tert-OH is 11. The number of hydrogen-bond acceptors (Lipinski definition) is 28. The molecule has 32 nitrogen and oxygen atoms in total. The van der Waals surface area contributed by atoms with Crippen molar-refractivity contribution in [3.05, 3.63) is 143 Å². The van der Waals surface area contributed by atoms with Crippen LogP contribution in [0.15, 0.2) is 132 Å². The summed E-state index contributed by atoms with van der Waals surface area (Å²) in [6, 6.07) is 2.35. The van der Waals surface area contributed by atoms with E-state index < -0.39 is 229 Å². The van der Waals surface area contributed by atoms with Crippen LogP contribution in [0.1, 0.15) is 96.6 Å². The zero-order valence-electron chi connectivity index (χ0n) is 63.5. The number of phenols is 1. The number of phenolic OH excluding ortho intramolecular Hbond substituents is 1. The molecule has 21 N–H and O–H groups in total. The maximum absolute atomic E-state index is 14.1. The molecule has 6 aliphatic rings. The van der Waals surface area contributed by atoms with Crippen molar-refractivity contribution in [1.82, 2.24) is 4.90 Å².